The third-order valence-electron chi connectivity index (χ3n) is 3.81. The Balaban J connectivity index is 0.00000225. The van der Waals surface area contributed by atoms with Gasteiger partial charge >= 0.3 is 11.4 Å². The number of sulfone groups is 1. The summed E-state index contributed by atoms with van der Waals surface area (Å²) in [6.45, 7) is -0.141. The Morgan fingerprint density at radius 3 is 2.44 bits per heavy atom. The van der Waals surface area contributed by atoms with Crippen LogP contribution in [0.15, 0.2) is 57.0 Å². The molecule has 0 fully saturated rings. The predicted octanol–water partition coefficient (Wildman–Crippen LogP) is -0.497. The van der Waals surface area contributed by atoms with Crippen LogP contribution < -0.4 is 11.4 Å². The molecule has 1 aromatic heterocycles. The number of hydrogen-bond donors (Lipinski definition) is 0. The van der Waals surface area contributed by atoms with Crippen molar-refractivity contribution in [1.82, 2.24) is 13.9 Å². The molecule has 2 heterocycles. The summed E-state index contributed by atoms with van der Waals surface area (Å²) in [4.78, 5) is 35.7. The molecule has 3 rings (SSSR count). The van der Waals surface area contributed by atoms with Crippen molar-refractivity contribution in [2.75, 3.05) is 5.75 Å². The van der Waals surface area contributed by atoms with Crippen LogP contribution in [0.25, 0.3) is 0 Å². The molecule has 129 valence electrons. The van der Waals surface area contributed by atoms with Crippen molar-refractivity contribution in [3.8, 4) is 0 Å². The standard InChI is InChI=1S/C15H14N3O5S.Y/c19-11-12-5-4-8-17-14(20)16(15(21)18(12)17)9-10-24(22,23)13-6-2-1-3-7-13;/h1-7,12H,8-10H2;/q-1;. The molecule has 1 aliphatic rings. The van der Waals surface area contributed by atoms with Gasteiger partial charge < -0.3 is 4.79 Å². The summed E-state index contributed by atoms with van der Waals surface area (Å²) >= 11 is 0. The Hall–Kier alpha value is -1.58. The van der Waals surface area contributed by atoms with E-state index < -0.39 is 27.3 Å². The van der Waals surface area contributed by atoms with Gasteiger partial charge in [0.2, 0.25) is 0 Å². The van der Waals surface area contributed by atoms with Gasteiger partial charge in [-0.1, -0.05) is 30.4 Å². The van der Waals surface area contributed by atoms with Crippen molar-refractivity contribution in [3.05, 3.63) is 63.5 Å². The number of allylic oxidation sites excluding steroid dienone is 2. The first kappa shape index (κ1) is 19.7. The number of rotatable bonds is 5. The molecule has 0 saturated heterocycles. The molecule has 0 N–H and O–H groups in total. The van der Waals surface area contributed by atoms with Crippen LogP contribution in [0, 0.1) is 0 Å². The summed E-state index contributed by atoms with van der Waals surface area (Å²) in [6, 6.07) is 6.82. The monoisotopic (exact) mass is 437 g/mol. The molecule has 10 heteroatoms. The molecule has 1 aromatic carbocycles. The van der Waals surface area contributed by atoms with Crippen molar-refractivity contribution in [3.63, 3.8) is 0 Å². The van der Waals surface area contributed by atoms with Gasteiger partial charge in [-0.15, -0.1) is 0 Å². The molecule has 1 radical (unpaired) electrons. The fourth-order valence-corrected chi connectivity index (χ4v) is 3.81. The zero-order chi connectivity index (χ0) is 17.3. The normalized spacial score (nSPS) is 16.1. The smallest absolute Gasteiger partial charge is 0.347 e. The van der Waals surface area contributed by atoms with Crippen LogP contribution in [-0.4, -0.2) is 34.4 Å². The van der Waals surface area contributed by atoms with E-state index in [1.165, 1.54) is 18.2 Å². The Kier molecular flexibility index (Phi) is 6.13. The summed E-state index contributed by atoms with van der Waals surface area (Å²) in [5.74, 6) is -0.390. The summed E-state index contributed by atoms with van der Waals surface area (Å²) in [5, 5.41) is 0. The van der Waals surface area contributed by atoms with Gasteiger partial charge in [0.1, 0.15) is 0 Å². The summed E-state index contributed by atoms with van der Waals surface area (Å²) in [7, 11) is -3.62. The van der Waals surface area contributed by atoms with Crippen LogP contribution >= 0.6 is 0 Å². The van der Waals surface area contributed by atoms with Crippen molar-refractivity contribution in [1.29, 1.82) is 0 Å². The Bertz CT molecular complexity index is 1020. The molecule has 1 atom stereocenters. The SMILES string of the molecule is O=[C-]C1C=CCn2c(=O)n(CCS(=O)(=O)c3ccccc3)c(=O)n21.[Y]. The molecular weight excluding hydrogens is 423 g/mol. The van der Waals surface area contributed by atoms with Gasteiger partial charge in [0.25, 0.3) is 0 Å². The van der Waals surface area contributed by atoms with Gasteiger partial charge in [-0.3, -0.25) is 4.68 Å². The number of hydrogen-bond acceptors (Lipinski definition) is 5. The van der Waals surface area contributed by atoms with Crippen LogP contribution in [0.5, 0.6) is 0 Å². The van der Waals surface area contributed by atoms with E-state index in [4.69, 9.17) is 0 Å². The molecule has 2 aromatic rings. The topological polar surface area (TPSA) is 100 Å². The second kappa shape index (κ2) is 7.76. The van der Waals surface area contributed by atoms with E-state index in [0.29, 0.717) is 0 Å². The fraction of sp³-hybridized carbons (Fsp3) is 0.267. The average molecular weight is 437 g/mol. The summed E-state index contributed by atoms with van der Waals surface area (Å²) in [6.07, 6.45) is 4.73. The van der Waals surface area contributed by atoms with Crippen LogP contribution in [0.1, 0.15) is 6.04 Å². The number of aromatic nitrogens is 3. The Morgan fingerprint density at radius 2 is 1.80 bits per heavy atom. The van der Waals surface area contributed by atoms with Gasteiger partial charge in [0.15, 0.2) is 9.84 Å². The molecule has 1 unspecified atom stereocenters. The summed E-state index contributed by atoms with van der Waals surface area (Å²) < 4.78 is 27.5. The minimum atomic E-state index is -3.62. The predicted molar refractivity (Wildman–Crippen MR) is 85.3 cm³/mol. The van der Waals surface area contributed by atoms with Crippen molar-refractivity contribution < 1.29 is 45.9 Å². The first-order valence-corrected chi connectivity index (χ1v) is 8.85. The molecule has 0 bridgehead atoms. The molecular formula is C15H14N3O5SY-. The van der Waals surface area contributed by atoms with E-state index in [-0.39, 0.29) is 56.4 Å². The van der Waals surface area contributed by atoms with E-state index in [2.05, 4.69) is 0 Å². The number of nitrogens with zero attached hydrogens (tertiary/aromatic N) is 3. The number of fused-ring (bicyclic) bond motifs is 1. The molecule has 0 spiro atoms. The van der Waals surface area contributed by atoms with Gasteiger partial charge in [0.05, 0.1) is 17.2 Å². The van der Waals surface area contributed by atoms with Gasteiger partial charge in [0, 0.05) is 39.3 Å². The van der Waals surface area contributed by atoms with E-state index in [1.54, 1.807) is 30.6 Å². The van der Waals surface area contributed by atoms with Crippen molar-refractivity contribution in [2.45, 2.75) is 24.0 Å². The first-order chi connectivity index (χ1) is 11.5. The molecule has 0 amide bonds. The minimum Gasteiger partial charge on any atom is -0.539 e. The van der Waals surface area contributed by atoms with Crippen LogP contribution in [-0.2, 0) is 60.4 Å². The van der Waals surface area contributed by atoms with Crippen molar-refractivity contribution in [2.24, 2.45) is 0 Å². The van der Waals surface area contributed by atoms with Gasteiger partial charge in [-0.2, -0.15) is 0 Å². The molecule has 1 aliphatic heterocycles. The second-order valence-electron chi connectivity index (χ2n) is 5.27. The van der Waals surface area contributed by atoms with Crippen LogP contribution in [0.4, 0.5) is 0 Å². The average Bonchev–Trinajstić information content (AvgIpc) is 2.85. The fourth-order valence-electron chi connectivity index (χ4n) is 2.58. The number of benzene rings is 1. The Morgan fingerprint density at radius 1 is 1.12 bits per heavy atom. The van der Waals surface area contributed by atoms with E-state index in [9.17, 15) is 22.8 Å². The largest absolute Gasteiger partial charge is 0.539 e. The maximum absolute atomic E-state index is 12.4. The maximum atomic E-state index is 12.4. The van der Waals surface area contributed by atoms with E-state index >= 15 is 0 Å². The van der Waals surface area contributed by atoms with Gasteiger partial charge in [-0.05, 0) is 18.2 Å². The third-order valence-corrected chi connectivity index (χ3v) is 5.52. The van der Waals surface area contributed by atoms with Gasteiger partial charge in [-0.25, -0.2) is 33.5 Å². The minimum absolute atomic E-state index is 0. The quantitative estimate of drug-likeness (QED) is 0.464. The van der Waals surface area contributed by atoms with Crippen LogP contribution in [0.3, 0.4) is 0 Å². The van der Waals surface area contributed by atoms with E-state index in [1.807, 2.05) is 0 Å². The molecule has 0 saturated carbocycles. The van der Waals surface area contributed by atoms with E-state index in [0.717, 1.165) is 13.9 Å². The van der Waals surface area contributed by atoms with Crippen molar-refractivity contribution >= 4 is 16.1 Å². The van der Waals surface area contributed by atoms with Crippen LogP contribution in [0.2, 0.25) is 0 Å². The Labute approximate surface area is 168 Å². The molecule has 0 aliphatic carbocycles. The number of carbonyl (C=O) groups excluding carboxylic acids is 1. The second-order valence-corrected chi connectivity index (χ2v) is 7.38. The zero-order valence-corrected chi connectivity index (χ0v) is 16.8. The summed E-state index contributed by atoms with van der Waals surface area (Å²) in [5.41, 5.74) is -1.37. The molecule has 8 nitrogen and oxygen atoms in total. The third kappa shape index (κ3) is 3.68. The first-order valence-electron chi connectivity index (χ1n) is 7.20. The molecule has 25 heavy (non-hydrogen) atoms. The zero-order valence-electron chi connectivity index (χ0n) is 13.1. The maximum Gasteiger partial charge on any atom is 0.347 e.